The van der Waals surface area contributed by atoms with Crippen LogP contribution < -0.4 is 16.0 Å². The molecule has 0 aliphatic heterocycles. The van der Waals surface area contributed by atoms with Crippen molar-refractivity contribution in [3.8, 4) is 5.75 Å². The van der Waals surface area contributed by atoms with Crippen LogP contribution in [0.2, 0.25) is 5.02 Å². The van der Waals surface area contributed by atoms with E-state index >= 15 is 0 Å². The van der Waals surface area contributed by atoms with Crippen molar-refractivity contribution in [1.29, 1.82) is 0 Å². The molecular weight excluding hydrogens is 216 g/mol. The maximum atomic E-state index is 10.8. The molecule has 0 heterocycles. The highest BCUT2D eigenvalue weighted by atomic mass is 35.5. The molecule has 3 N–H and O–H groups in total. The number of amides is 1. The second kappa shape index (κ2) is 6.27. The van der Waals surface area contributed by atoms with Gasteiger partial charge in [-0.1, -0.05) is 11.6 Å². The zero-order chi connectivity index (χ0) is 11.1. The highest BCUT2D eigenvalue weighted by Gasteiger charge is 1.98. The van der Waals surface area contributed by atoms with Crippen LogP contribution in [0, 0.1) is 0 Å². The number of nitrogens with one attached hydrogen (secondary N) is 1. The molecular formula is C10H13ClN2O2. The zero-order valence-electron chi connectivity index (χ0n) is 8.20. The van der Waals surface area contributed by atoms with Gasteiger partial charge in [0.1, 0.15) is 5.75 Å². The summed E-state index contributed by atoms with van der Waals surface area (Å²) in [5.41, 5.74) is 2.06. The zero-order valence-corrected chi connectivity index (χ0v) is 8.96. The maximum Gasteiger partial charge on any atom is 0.234 e. The third-order valence-corrected chi connectivity index (χ3v) is 2.04. The van der Waals surface area contributed by atoms with Crippen LogP contribution >= 0.6 is 11.6 Å². The highest BCUT2D eigenvalue weighted by molar-refractivity contribution is 6.30. The van der Waals surface area contributed by atoms with Crippen molar-refractivity contribution < 1.29 is 9.53 Å². The number of halogens is 1. The Morgan fingerprint density at radius 3 is 2.67 bits per heavy atom. The van der Waals surface area contributed by atoms with Crippen LogP contribution in [0.15, 0.2) is 24.3 Å². The van der Waals surface area contributed by atoms with Gasteiger partial charge in [0.05, 0.1) is 6.61 Å². The highest BCUT2D eigenvalue weighted by Crippen LogP contribution is 2.15. The first-order chi connectivity index (χ1) is 7.22. The van der Waals surface area contributed by atoms with Gasteiger partial charge in [0, 0.05) is 11.4 Å². The average Bonchev–Trinajstić information content (AvgIpc) is 2.26. The van der Waals surface area contributed by atoms with Crippen LogP contribution in [0.1, 0.15) is 12.8 Å². The lowest BCUT2D eigenvalue weighted by Gasteiger charge is -2.05. The van der Waals surface area contributed by atoms with Crippen molar-refractivity contribution in [2.24, 2.45) is 5.84 Å². The Morgan fingerprint density at radius 2 is 2.07 bits per heavy atom. The molecule has 0 aromatic heterocycles. The Balaban J connectivity index is 2.20. The van der Waals surface area contributed by atoms with Gasteiger partial charge in [-0.25, -0.2) is 5.84 Å². The van der Waals surface area contributed by atoms with E-state index in [2.05, 4.69) is 5.43 Å². The minimum atomic E-state index is -0.185. The molecule has 1 rings (SSSR count). The molecule has 1 amide bonds. The molecule has 0 saturated carbocycles. The molecule has 0 fully saturated rings. The summed E-state index contributed by atoms with van der Waals surface area (Å²) < 4.78 is 5.38. The van der Waals surface area contributed by atoms with E-state index in [0.29, 0.717) is 24.5 Å². The summed E-state index contributed by atoms with van der Waals surface area (Å²) in [5.74, 6) is 5.48. The molecule has 0 aliphatic carbocycles. The number of hydrogen-bond donors (Lipinski definition) is 2. The van der Waals surface area contributed by atoms with Crippen molar-refractivity contribution in [3.05, 3.63) is 29.3 Å². The molecule has 15 heavy (non-hydrogen) atoms. The van der Waals surface area contributed by atoms with Crippen LogP contribution in [0.3, 0.4) is 0 Å². The first-order valence-corrected chi connectivity index (χ1v) is 4.98. The third kappa shape index (κ3) is 4.67. The molecule has 0 saturated heterocycles. The van der Waals surface area contributed by atoms with Gasteiger partial charge in [-0.3, -0.25) is 10.2 Å². The summed E-state index contributed by atoms with van der Waals surface area (Å²) in [7, 11) is 0. The Labute approximate surface area is 93.3 Å². The fourth-order valence-corrected chi connectivity index (χ4v) is 1.15. The topological polar surface area (TPSA) is 64.3 Å². The van der Waals surface area contributed by atoms with Crippen molar-refractivity contribution in [2.75, 3.05) is 6.61 Å². The number of benzene rings is 1. The lowest BCUT2D eigenvalue weighted by molar-refractivity contribution is -0.121. The van der Waals surface area contributed by atoms with Gasteiger partial charge in [0.2, 0.25) is 5.91 Å². The van der Waals surface area contributed by atoms with E-state index < -0.39 is 0 Å². The fourth-order valence-electron chi connectivity index (χ4n) is 1.03. The molecule has 4 nitrogen and oxygen atoms in total. The number of carbonyl (C=O) groups is 1. The number of carbonyl (C=O) groups excluding carboxylic acids is 1. The molecule has 0 atom stereocenters. The number of ether oxygens (including phenoxy) is 1. The van der Waals surface area contributed by atoms with Crippen LogP contribution in [0.25, 0.3) is 0 Å². The molecule has 0 radical (unpaired) electrons. The Morgan fingerprint density at radius 1 is 1.40 bits per heavy atom. The average molecular weight is 229 g/mol. The van der Waals surface area contributed by atoms with E-state index in [1.54, 1.807) is 24.3 Å². The first-order valence-electron chi connectivity index (χ1n) is 4.60. The van der Waals surface area contributed by atoms with Crippen LogP contribution in [0.4, 0.5) is 0 Å². The second-order valence-electron chi connectivity index (χ2n) is 2.97. The molecule has 0 aliphatic rings. The largest absolute Gasteiger partial charge is 0.494 e. The number of nitrogens with two attached hydrogens (primary N) is 1. The Bertz CT molecular complexity index is 314. The SMILES string of the molecule is NNC(=O)CCCOc1ccc(Cl)cc1. The second-order valence-corrected chi connectivity index (χ2v) is 3.41. The van der Waals surface area contributed by atoms with Gasteiger partial charge in [0.15, 0.2) is 0 Å². The van der Waals surface area contributed by atoms with E-state index in [0.717, 1.165) is 5.75 Å². The van der Waals surface area contributed by atoms with Crippen LogP contribution in [-0.4, -0.2) is 12.5 Å². The number of hydrazine groups is 1. The van der Waals surface area contributed by atoms with Gasteiger partial charge < -0.3 is 4.74 Å². The van der Waals surface area contributed by atoms with Gasteiger partial charge in [-0.15, -0.1) is 0 Å². The van der Waals surface area contributed by atoms with Crippen LogP contribution in [-0.2, 0) is 4.79 Å². The number of rotatable bonds is 5. The first kappa shape index (κ1) is 11.8. The molecule has 1 aromatic rings. The van der Waals surface area contributed by atoms with Crippen LogP contribution in [0.5, 0.6) is 5.75 Å². The predicted molar refractivity (Wildman–Crippen MR) is 58.5 cm³/mol. The summed E-state index contributed by atoms with van der Waals surface area (Å²) in [6, 6.07) is 7.07. The van der Waals surface area contributed by atoms with Crippen molar-refractivity contribution in [1.82, 2.24) is 5.43 Å². The summed E-state index contributed by atoms with van der Waals surface area (Å²) >= 11 is 5.71. The Hall–Kier alpha value is -1.26. The van der Waals surface area contributed by atoms with E-state index in [1.807, 2.05) is 0 Å². The van der Waals surface area contributed by atoms with E-state index in [9.17, 15) is 4.79 Å². The van der Waals surface area contributed by atoms with Gasteiger partial charge in [-0.2, -0.15) is 0 Å². The summed E-state index contributed by atoms with van der Waals surface area (Å²) in [6.07, 6.45) is 0.996. The third-order valence-electron chi connectivity index (χ3n) is 1.79. The van der Waals surface area contributed by atoms with Gasteiger partial charge in [0.25, 0.3) is 0 Å². The van der Waals surface area contributed by atoms with Gasteiger partial charge >= 0.3 is 0 Å². The fraction of sp³-hybridized carbons (Fsp3) is 0.300. The normalized spacial score (nSPS) is 9.73. The van der Waals surface area contributed by atoms with E-state index in [-0.39, 0.29) is 5.91 Å². The standard InChI is InChI=1S/C10H13ClN2O2/c11-8-3-5-9(6-4-8)15-7-1-2-10(14)13-12/h3-6H,1-2,7,12H2,(H,13,14). The quantitative estimate of drug-likeness (QED) is 0.347. The van der Waals surface area contributed by atoms with E-state index in [4.69, 9.17) is 22.2 Å². The summed E-state index contributed by atoms with van der Waals surface area (Å²) in [6.45, 7) is 0.481. The van der Waals surface area contributed by atoms with Crippen molar-refractivity contribution >= 4 is 17.5 Å². The van der Waals surface area contributed by atoms with Crippen molar-refractivity contribution in [3.63, 3.8) is 0 Å². The van der Waals surface area contributed by atoms with Crippen molar-refractivity contribution in [2.45, 2.75) is 12.8 Å². The molecule has 0 spiro atoms. The molecule has 82 valence electrons. The minimum Gasteiger partial charge on any atom is -0.494 e. The lowest BCUT2D eigenvalue weighted by Crippen LogP contribution is -2.29. The lowest BCUT2D eigenvalue weighted by atomic mass is 10.3. The minimum absolute atomic E-state index is 0.185. The van der Waals surface area contributed by atoms with Gasteiger partial charge in [-0.05, 0) is 30.7 Å². The monoisotopic (exact) mass is 228 g/mol. The molecule has 1 aromatic carbocycles. The predicted octanol–water partition coefficient (Wildman–Crippen LogP) is 1.49. The molecule has 0 bridgehead atoms. The maximum absolute atomic E-state index is 10.8. The summed E-state index contributed by atoms with van der Waals surface area (Å²) in [5, 5.41) is 0.671. The van der Waals surface area contributed by atoms with E-state index in [1.165, 1.54) is 0 Å². The Kier molecular flexibility index (Phi) is 4.93. The molecule has 0 unspecified atom stereocenters. The summed E-state index contributed by atoms with van der Waals surface area (Å²) in [4.78, 5) is 10.8. The number of hydrogen-bond acceptors (Lipinski definition) is 3. The smallest absolute Gasteiger partial charge is 0.234 e. The molecule has 5 heteroatoms.